The maximum absolute atomic E-state index is 10.2. The van der Waals surface area contributed by atoms with Gasteiger partial charge >= 0.3 is 10.4 Å². The standard InChI is InChI=1S/C4H10O6S/c1-4(2,3)8-10-11(6,7)9-5/h5H,1-3H3. The summed E-state index contributed by atoms with van der Waals surface area (Å²) in [5.41, 5.74) is -0.786. The van der Waals surface area contributed by atoms with Crippen molar-refractivity contribution in [1.82, 2.24) is 0 Å². The molecule has 7 heteroatoms. The molecule has 0 bridgehead atoms. The van der Waals surface area contributed by atoms with Crippen LogP contribution in [0.5, 0.6) is 0 Å². The van der Waals surface area contributed by atoms with Crippen molar-refractivity contribution in [2.24, 2.45) is 0 Å². The Balaban J connectivity index is 3.91. The predicted octanol–water partition coefficient (Wildman–Crippen LogP) is 0.467. The van der Waals surface area contributed by atoms with Gasteiger partial charge in [-0.3, -0.25) is 0 Å². The fraction of sp³-hybridized carbons (Fsp3) is 1.00. The summed E-state index contributed by atoms with van der Waals surface area (Å²) >= 11 is 0. The average molecular weight is 186 g/mol. The zero-order valence-corrected chi connectivity index (χ0v) is 7.21. The second-order valence-corrected chi connectivity index (χ2v) is 3.85. The van der Waals surface area contributed by atoms with Crippen molar-refractivity contribution in [3.63, 3.8) is 0 Å². The number of hydrogen-bond donors (Lipinski definition) is 1. The van der Waals surface area contributed by atoms with E-state index in [2.05, 4.69) is 13.6 Å². The summed E-state index contributed by atoms with van der Waals surface area (Å²) in [6.07, 6.45) is 0. The molecule has 6 nitrogen and oxygen atoms in total. The smallest absolute Gasteiger partial charge is 0.233 e. The van der Waals surface area contributed by atoms with E-state index in [-0.39, 0.29) is 0 Å². The first-order valence-electron chi connectivity index (χ1n) is 2.72. The first-order valence-corrected chi connectivity index (χ1v) is 4.05. The van der Waals surface area contributed by atoms with E-state index in [0.29, 0.717) is 0 Å². The molecule has 0 radical (unpaired) electrons. The van der Waals surface area contributed by atoms with E-state index in [1.807, 2.05) is 0 Å². The van der Waals surface area contributed by atoms with Gasteiger partial charge in [0.05, 0.1) is 5.60 Å². The minimum atomic E-state index is -4.42. The van der Waals surface area contributed by atoms with E-state index in [1.54, 1.807) is 20.8 Å². The maximum Gasteiger partial charge on any atom is 0.453 e. The monoisotopic (exact) mass is 186 g/mol. The van der Waals surface area contributed by atoms with Crippen molar-refractivity contribution in [2.45, 2.75) is 26.4 Å². The van der Waals surface area contributed by atoms with Crippen LogP contribution in [0.3, 0.4) is 0 Å². The summed E-state index contributed by atoms with van der Waals surface area (Å²) in [5, 5.41) is 7.70. The zero-order valence-electron chi connectivity index (χ0n) is 6.40. The van der Waals surface area contributed by atoms with E-state index in [4.69, 9.17) is 5.26 Å². The molecule has 11 heavy (non-hydrogen) atoms. The second kappa shape index (κ2) is 3.46. The summed E-state index contributed by atoms with van der Waals surface area (Å²) in [6.45, 7) is 4.71. The van der Waals surface area contributed by atoms with E-state index in [9.17, 15) is 8.42 Å². The van der Waals surface area contributed by atoms with Crippen molar-refractivity contribution in [2.75, 3.05) is 0 Å². The molecule has 0 aliphatic rings. The molecule has 0 aromatic rings. The highest BCUT2D eigenvalue weighted by Crippen LogP contribution is 2.09. The Morgan fingerprint density at radius 2 is 1.73 bits per heavy atom. The zero-order chi connectivity index (χ0) is 9.12. The van der Waals surface area contributed by atoms with Crippen molar-refractivity contribution in [3.8, 4) is 0 Å². The van der Waals surface area contributed by atoms with E-state index >= 15 is 0 Å². The molecule has 1 N–H and O–H groups in total. The van der Waals surface area contributed by atoms with Gasteiger partial charge in [-0.05, 0) is 20.8 Å². The number of hydrogen-bond acceptors (Lipinski definition) is 6. The summed E-state index contributed by atoms with van der Waals surface area (Å²) in [4.78, 5) is 4.31. The third kappa shape index (κ3) is 6.20. The lowest BCUT2D eigenvalue weighted by Gasteiger charge is -2.15. The maximum atomic E-state index is 10.2. The van der Waals surface area contributed by atoms with Crippen LogP contribution in [0.2, 0.25) is 0 Å². The molecule has 0 aliphatic heterocycles. The highest BCUT2D eigenvalue weighted by atomic mass is 32.3. The lowest BCUT2D eigenvalue weighted by molar-refractivity contribution is -0.290. The lowest BCUT2D eigenvalue weighted by Crippen LogP contribution is -2.22. The van der Waals surface area contributed by atoms with Gasteiger partial charge in [0, 0.05) is 0 Å². The average Bonchev–Trinajstić information content (AvgIpc) is 1.83. The van der Waals surface area contributed by atoms with E-state index in [1.165, 1.54) is 0 Å². The van der Waals surface area contributed by atoms with Gasteiger partial charge in [-0.2, -0.15) is 8.42 Å². The molecule has 0 atom stereocenters. The quantitative estimate of drug-likeness (QED) is 0.509. The molecular formula is C4H10O6S. The SMILES string of the molecule is CC(C)(C)OOS(=O)(=O)OO. The van der Waals surface area contributed by atoms with Gasteiger partial charge in [0.25, 0.3) is 0 Å². The first kappa shape index (κ1) is 10.8. The summed E-state index contributed by atoms with van der Waals surface area (Å²) in [5.74, 6) is 0. The molecular weight excluding hydrogens is 176 g/mol. The minimum absolute atomic E-state index is 0.786. The first-order chi connectivity index (χ1) is 4.77. The minimum Gasteiger partial charge on any atom is -0.233 e. The van der Waals surface area contributed by atoms with Gasteiger partial charge in [0.2, 0.25) is 0 Å². The largest absolute Gasteiger partial charge is 0.453 e. The van der Waals surface area contributed by atoms with Gasteiger partial charge in [0.15, 0.2) is 0 Å². The van der Waals surface area contributed by atoms with Gasteiger partial charge < -0.3 is 0 Å². The predicted molar refractivity (Wildman–Crippen MR) is 34.6 cm³/mol. The number of rotatable bonds is 3. The van der Waals surface area contributed by atoms with E-state index in [0.717, 1.165) is 0 Å². The molecule has 0 spiro atoms. The Hall–Kier alpha value is -0.210. The van der Waals surface area contributed by atoms with Crippen LogP contribution >= 0.6 is 0 Å². The molecule has 0 saturated carbocycles. The van der Waals surface area contributed by atoms with Crippen molar-refractivity contribution < 1.29 is 27.2 Å². The van der Waals surface area contributed by atoms with Crippen LogP contribution in [-0.2, 0) is 24.0 Å². The summed E-state index contributed by atoms with van der Waals surface area (Å²) in [7, 11) is -4.42. The fourth-order valence-electron chi connectivity index (χ4n) is 0.156. The van der Waals surface area contributed by atoms with Crippen LogP contribution in [-0.4, -0.2) is 19.3 Å². The molecule has 0 fully saturated rings. The molecule has 0 unspecified atom stereocenters. The van der Waals surface area contributed by atoms with Gasteiger partial charge in [-0.25, -0.2) is 10.1 Å². The molecule has 0 aliphatic carbocycles. The van der Waals surface area contributed by atoms with Crippen molar-refractivity contribution in [1.29, 1.82) is 0 Å². The van der Waals surface area contributed by atoms with Crippen molar-refractivity contribution >= 4 is 10.4 Å². The van der Waals surface area contributed by atoms with Crippen LogP contribution in [0.4, 0.5) is 0 Å². The topological polar surface area (TPSA) is 82.1 Å². The van der Waals surface area contributed by atoms with Crippen LogP contribution in [0.15, 0.2) is 0 Å². The molecule has 0 aromatic carbocycles. The molecule has 0 rings (SSSR count). The van der Waals surface area contributed by atoms with Crippen LogP contribution in [0, 0.1) is 0 Å². The Morgan fingerprint density at radius 1 is 1.27 bits per heavy atom. The van der Waals surface area contributed by atoms with Crippen LogP contribution < -0.4 is 0 Å². The van der Waals surface area contributed by atoms with Gasteiger partial charge in [-0.15, -0.1) is 0 Å². The Bertz CT molecular complexity index is 199. The summed E-state index contributed by atoms with van der Waals surface area (Å²) in [6, 6.07) is 0. The summed E-state index contributed by atoms with van der Waals surface area (Å²) < 4.78 is 27.2. The van der Waals surface area contributed by atoms with Crippen molar-refractivity contribution in [3.05, 3.63) is 0 Å². The molecule has 0 saturated heterocycles. The highest BCUT2D eigenvalue weighted by Gasteiger charge is 2.19. The Morgan fingerprint density at radius 3 is 2.00 bits per heavy atom. The second-order valence-electron chi connectivity index (χ2n) is 2.75. The van der Waals surface area contributed by atoms with Crippen LogP contribution in [0.1, 0.15) is 20.8 Å². The fourth-order valence-corrected chi connectivity index (χ4v) is 0.468. The normalized spacial score (nSPS) is 13.5. The lowest BCUT2D eigenvalue weighted by atomic mass is 10.2. The van der Waals surface area contributed by atoms with Gasteiger partial charge in [0.1, 0.15) is 0 Å². The molecule has 0 aromatic heterocycles. The third-order valence-electron chi connectivity index (χ3n) is 0.459. The molecule has 0 amide bonds. The Labute approximate surface area is 64.9 Å². The highest BCUT2D eigenvalue weighted by molar-refractivity contribution is 7.81. The van der Waals surface area contributed by atoms with Crippen LogP contribution in [0.25, 0.3) is 0 Å². The Kier molecular flexibility index (Phi) is 3.39. The molecule has 0 heterocycles. The third-order valence-corrected chi connectivity index (χ3v) is 0.876. The van der Waals surface area contributed by atoms with Gasteiger partial charge in [-0.1, -0.05) is 8.67 Å². The van der Waals surface area contributed by atoms with E-state index < -0.39 is 16.0 Å². The molecule has 68 valence electrons.